The normalized spacial score (nSPS) is 13.1. The molecule has 0 spiro atoms. The molecule has 3 nitrogen and oxygen atoms in total. The van der Waals surface area contributed by atoms with E-state index in [1.807, 2.05) is 14.0 Å². The third-order valence-corrected chi connectivity index (χ3v) is 3.23. The summed E-state index contributed by atoms with van der Waals surface area (Å²) in [6, 6.07) is 4.58. The third-order valence-electron chi connectivity index (χ3n) is 3.23. The van der Waals surface area contributed by atoms with Crippen LogP contribution in [0.2, 0.25) is 0 Å². The summed E-state index contributed by atoms with van der Waals surface area (Å²) >= 11 is 0. The van der Waals surface area contributed by atoms with Crippen LogP contribution in [0.4, 0.5) is 4.39 Å². The first-order valence-corrected chi connectivity index (χ1v) is 6.61. The van der Waals surface area contributed by atoms with Crippen LogP contribution in [0.15, 0.2) is 22.6 Å². The van der Waals surface area contributed by atoms with Crippen LogP contribution in [0.1, 0.15) is 30.7 Å². The zero-order valence-corrected chi connectivity index (χ0v) is 11.6. The van der Waals surface area contributed by atoms with Gasteiger partial charge < -0.3 is 14.5 Å². The van der Waals surface area contributed by atoms with Crippen molar-refractivity contribution in [2.24, 2.45) is 0 Å². The molecule has 0 aliphatic heterocycles. The van der Waals surface area contributed by atoms with Crippen LogP contribution in [0.5, 0.6) is 0 Å². The topological polar surface area (TPSA) is 34.4 Å². The molecule has 1 N–H and O–H groups in total. The number of nitrogens with one attached hydrogen (secondary N) is 1. The van der Waals surface area contributed by atoms with Crippen molar-refractivity contribution in [3.63, 3.8) is 0 Å². The number of ether oxygens (including phenoxy) is 1. The number of furan rings is 1. The molecule has 0 bridgehead atoms. The molecule has 0 aliphatic carbocycles. The molecule has 1 aromatic carbocycles. The summed E-state index contributed by atoms with van der Waals surface area (Å²) in [6.45, 7) is 5.30. The van der Waals surface area contributed by atoms with Crippen LogP contribution in [0.3, 0.4) is 0 Å². The van der Waals surface area contributed by atoms with Gasteiger partial charge in [-0.2, -0.15) is 0 Å². The van der Waals surface area contributed by atoms with Gasteiger partial charge in [0.1, 0.15) is 17.2 Å². The summed E-state index contributed by atoms with van der Waals surface area (Å²) in [5.74, 6) is 0.574. The van der Waals surface area contributed by atoms with Crippen LogP contribution in [0.25, 0.3) is 11.0 Å². The Morgan fingerprint density at radius 1 is 1.42 bits per heavy atom. The second-order valence-electron chi connectivity index (χ2n) is 4.65. The maximum Gasteiger partial charge on any atom is 0.134 e. The fraction of sp³-hybridized carbons (Fsp3) is 0.467. The molecule has 0 saturated heterocycles. The predicted octanol–water partition coefficient (Wildman–Crippen LogP) is 3.57. The first kappa shape index (κ1) is 14.0. The Hall–Kier alpha value is -1.39. The zero-order valence-electron chi connectivity index (χ0n) is 11.6. The summed E-state index contributed by atoms with van der Waals surface area (Å²) in [5.41, 5.74) is 1.68. The monoisotopic (exact) mass is 265 g/mol. The molecule has 2 rings (SSSR count). The number of fused-ring (bicyclic) bond motifs is 1. The number of aryl methyl sites for hydroxylation is 1. The van der Waals surface area contributed by atoms with Gasteiger partial charge in [-0.3, -0.25) is 0 Å². The Bertz CT molecular complexity index is 550. The molecular formula is C15H20FNO2. The number of benzene rings is 1. The van der Waals surface area contributed by atoms with Crippen LogP contribution in [-0.2, 0) is 4.74 Å². The molecule has 1 unspecified atom stereocenters. The van der Waals surface area contributed by atoms with E-state index in [4.69, 9.17) is 9.15 Å². The molecule has 2 aromatic rings. The predicted molar refractivity (Wildman–Crippen MR) is 73.8 cm³/mol. The summed E-state index contributed by atoms with van der Waals surface area (Å²) in [7, 11) is 1.87. The van der Waals surface area contributed by atoms with E-state index in [1.165, 1.54) is 12.1 Å². The van der Waals surface area contributed by atoms with Crippen LogP contribution in [0, 0.1) is 12.7 Å². The van der Waals surface area contributed by atoms with Gasteiger partial charge in [-0.25, -0.2) is 4.39 Å². The molecule has 0 amide bonds. The molecule has 4 heteroatoms. The maximum absolute atomic E-state index is 13.3. The standard InChI is InChI=1S/C15H20FNO2/c1-4-7-18-9-13(17-3)15-10(2)12-8-11(16)5-6-14(12)19-15/h5-6,8,13,17H,4,7,9H2,1-3H3. The number of likely N-dealkylation sites (N-methyl/N-ethyl adjacent to an activating group) is 1. The first-order valence-electron chi connectivity index (χ1n) is 6.61. The number of hydrogen-bond donors (Lipinski definition) is 1. The Morgan fingerprint density at radius 2 is 2.21 bits per heavy atom. The number of halogens is 1. The first-order chi connectivity index (χ1) is 9.17. The highest BCUT2D eigenvalue weighted by molar-refractivity contribution is 5.82. The van der Waals surface area contributed by atoms with E-state index >= 15 is 0 Å². The van der Waals surface area contributed by atoms with Crippen molar-refractivity contribution in [2.45, 2.75) is 26.3 Å². The van der Waals surface area contributed by atoms with E-state index < -0.39 is 0 Å². The molecule has 104 valence electrons. The highest BCUT2D eigenvalue weighted by atomic mass is 19.1. The minimum atomic E-state index is -0.244. The van der Waals surface area contributed by atoms with Gasteiger partial charge in [-0.05, 0) is 38.6 Å². The lowest BCUT2D eigenvalue weighted by molar-refractivity contribution is 0.108. The number of rotatable bonds is 6. The summed E-state index contributed by atoms with van der Waals surface area (Å²) in [5, 5.41) is 4.01. The van der Waals surface area contributed by atoms with Gasteiger partial charge in [0, 0.05) is 17.6 Å². The van der Waals surface area contributed by atoms with E-state index in [2.05, 4.69) is 12.2 Å². The van der Waals surface area contributed by atoms with E-state index in [-0.39, 0.29) is 11.9 Å². The molecule has 1 atom stereocenters. The van der Waals surface area contributed by atoms with Crippen LogP contribution in [-0.4, -0.2) is 20.3 Å². The lowest BCUT2D eigenvalue weighted by Crippen LogP contribution is -2.22. The van der Waals surface area contributed by atoms with Crippen molar-refractivity contribution in [3.05, 3.63) is 35.3 Å². The minimum absolute atomic E-state index is 0.0120. The number of hydrogen-bond acceptors (Lipinski definition) is 3. The zero-order chi connectivity index (χ0) is 13.8. The Labute approximate surface area is 112 Å². The maximum atomic E-state index is 13.3. The van der Waals surface area contributed by atoms with Gasteiger partial charge in [-0.1, -0.05) is 6.92 Å². The van der Waals surface area contributed by atoms with E-state index in [0.717, 1.165) is 29.7 Å². The summed E-state index contributed by atoms with van der Waals surface area (Å²) < 4.78 is 24.7. The van der Waals surface area contributed by atoms with E-state index in [0.29, 0.717) is 12.2 Å². The Kier molecular flexibility index (Phi) is 4.56. The highest BCUT2D eigenvalue weighted by Crippen LogP contribution is 2.30. The van der Waals surface area contributed by atoms with Gasteiger partial charge in [0.2, 0.25) is 0 Å². The van der Waals surface area contributed by atoms with Crippen molar-refractivity contribution < 1.29 is 13.5 Å². The SMILES string of the molecule is CCCOCC(NC)c1oc2ccc(F)cc2c1C. The van der Waals surface area contributed by atoms with Gasteiger partial charge in [0.05, 0.1) is 12.6 Å². The Morgan fingerprint density at radius 3 is 2.89 bits per heavy atom. The Balaban J connectivity index is 2.29. The summed E-state index contributed by atoms with van der Waals surface area (Å²) in [6.07, 6.45) is 0.987. The molecule has 1 aromatic heterocycles. The average molecular weight is 265 g/mol. The van der Waals surface area contributed by atoms with E-state index in [1.54, 1.807) is 6.07 Å². The quantitative estimate of drug-likeness (QED) is 0.811. The van der Waals surface area contributed by atoms with Crippen molar-refractivity contribution in [2.75, 3.05) is 20.3 Å². The highest BCUT2D eigenvalue weighted by Gasteiger charge is 2.19. The third kappa shape index (κ3) is 2.96. The minimum Gasteiger partial charge on any atom is -0.459 e. The largest absolute Gasteiger partial charge is 0.459 e. The molecule has 0 aliphatic rings. The molecule has 19 heavy (non-hydrogen) atoms. The van der Waals surface area contributed by atoms with Gasteiger partial charge >= 0.3 is 0 Å². The molecule has 1 heterocycles. The smallest absolute Gasteiger partial charge is 0.134 e. The molecule has 0 radical (unpaired) electrons. The lowest BCUT2D eigenvalue weighted by atomic mass is 10.1. The van der Waals surface area contributed by atoms with Crippen molar-refractivity contribution in [3.8, 4) is 0 Å². The van der Waals surface area contributed by atoms with E-state index in [9.17, 15) is 4.39 Å². The van der Waals surface area contributed by atoms with Crippen LogP contribution >= 0.6 is 0 Å². The molecule has 0 fully saturated rings. The molecular weight excluding hydrogens is 245 g/mol. The second-order valence-corrected chi connectivity index (χ2v) is 4.65. The van der Waals surface area contributed by atoms with Gasteiger partial charge in [0.25, 0.3) is 0 Å². The van der Waals surface area contributed by atoms with Crippen molar-refractivity contribution in [1.29, 1.82) is 0 Å². The second kappa shape index (κ2) is 6.17. The fourth-order valence-corrected chi connectivity index (χ4v) is 2.18. The van der Waals surface area contributed by atoms with Crippen molar-refractivity contribution >= 4 is 11.0 Å². The van der Waals surface area contributed by atoms with Gasteiger partial charge in [-0.15, -0.1) is 0 Å². The van der Waals surface area contributed by atoms with Gasteiger partial charge in [0.15, 0.2) is 0 Å². The lowest BCUT2D eigenvalue weighted by Gasteiger charge is -2.14. The fourth-order valence-electron chi connectivity index (χ4n) is 2.18. The van der Waals surface area contributed by atoms with Crippen LogP contribution < -0.4 is 5.32 Å². The molecule has 0 saturated carbocycles. The summed E-state index contributed by atoms with van der Waals surface area (Å²) in [4.78, 5) is 0. The van der Waals surface area contributed by atoms with Crippen molar-refractivity contribution in [1.82, 2.24) is 5.32 Å². The average Bonchev–Trinajstić information content (AvgIpc) is 2.72.